The molecule has 0 spiro atoms. The fourth-order valence-electron chi connectivity index (χ4n) is 6.97. The molecular formula is C45H49BF4Zr. The molecular weight excluding hydrogens is 719 g/mol. The molecule has 4 aromatic rings. The number of halogens is 4. The van der Waals surface area contributed by atoms with E-state index in [9.17, 15) is 17.6 Å². The van der Waals surface area contributed by atoms with Crippen LogP contribution in [0.2, 0.25) is 0 Å². The van der Waals surface area contributed by atoms with Gasteiger partial charge in [-0.1, -0.05) is 118 Å². The molecule has 0 bridgehead atoms. The molecule has 10 radical (unpaired) electrons. The molecule has 6 rings (SSSR count). The third-order valence-corrected chi connectivity index (χ3v) is 11.1. The third-order valence-electron chi connectivity index (χ3n) is 11.1. The Morgan fingerprint density at radius 3 is 0.510 bits per heavy atom. The van der Waals surface area contributed by atoms with E-state index in [0.29, 0.717) is 0 Å². The van der Waals surface area contributed by atoms with Crippen LogP contribution in [0.5, 0.6) is 0 Å². The zero-order valence-corrected chi connectivity index (χ0v) is 34.3. The first-order chi connectivity index (χ1) is 23.1. The van der Waals surface area contributed by atoms with Gasteiger partial charge in [-0.2, -0.15) is 21.9 Å². The van der Waals surface area contributed by atoms with E-state index in [1.165, 1.54) is 108 Å². The van der Waals surface area contributed by atoms with Crippen molar-refractivity contribution in [3.05, 3.63) is 187 Å². The molecule has 2 aliphatic rings. The first kappa shape index (κ1) is 44.7. The van der Waals surface area contributed by atoms with E-state index in [4.69, 9.17) is 0 Å². The smallest absolute Gasteiger partial charge is 0.358 e. The van der Waals surface area contributed by atoms with E-state index >= 15 is 0 Å². The van der Waals surface area contributed by atoms with Gasteiger partial charge in [-0.05, 0) is 108 Å². The van der Waals surface area contributed by atoms with E-state index in [1.807, 2.05) is 0 Å². The minimum Gasteiger partial charge on any atom is -0.358 e. The summed E-state index contributed by atoms with van der Waals surface area (Å²) in [4.78, 5) is 0. The van der Waals surface area contributed by atoms with Gasteiger partial charge < -0.3 is 7.43 Å². The predicted molar refractivity (Wildman–Crippen MR) is 205 cm³/mol. The van der Waals surface area contributed by atoms with Crippen LogP contribution in [-0.4, -0.2) is 6.15 Å². The van der Waals surface area contributed by atoms with E-state index < -0.39 is 29.4 Å². The molecule has 51 heavy (non-hydrogen) atoms. The van der Waals surface area contributed by atoms with Crippen molar-refractivity contribution in [3.63, 3.8) is 0 Å². The normalized spacial score (nSPS) is 17.7. The summed E-state index contributed by atoms with van der Waals surface area (Å²) >= 11 is 0. The number of hydrogen-bond acceptors (Lipinski definition) is 0. The Morgan fingerprint density at radius 1 is 0.275 bits per heavy atom. The predicted octanol–water partition coefficient (Wildman–Crippen LogP) is 10.0. The van der Waals surface area contributed by atoms with Gasteiger partial charge in [0.15, 0.2) is 0 Å². The van der Waals surface area contributed by atoms with Crippen molar-refractivity contribution in [3.8, 4) is 0 Å². The summed E-state index contributed by atoms with van der Waals surface area (Å²) in [6.07, 6.45) is -1.94. The number of rotatable bonds is 4. The van der Waals surface area contributed by atoms with Gasteiger partial charge in [0.05, 0.1) is 0 Å². The Balaban J connectivity index is 0.000000337. The minimum atomic E-state index is -1.94. The Kier molecular flexibility index (Phi) is 16.7. The molecule has 0 amide bonds. The molecule has 0 N–H and O–H groups in total. The molecule has 2 saturated carbocycles. The van der Waals surface area contributed by atoms with E-state index in [0.717, 1.165) is 21.9 Å². The third kappa shape index (κ3) is 9.57. The summed E-state index contributed by atoms with van der Waals surface area (Å²) < 4.78 is 54.8. The summed E-state index contributed by atoms with van der Waals surface area (Å²) in [5.41, 5.74) is 2.99. The van der Waals surface area contributed by atoms with Crippen LogP contribution in [-0.2, 0) is 26.2 Å². The van der Waals surface area contributed by atoms with Crippen LogP contribution < -0.4 is 21.9 Å². The van der Waals surface area contributed by atoms with Gasteiger partial charge in [-0.25, -0.2) is 17.6 Å². The molecule has 0 nitrogen and oxygen atoms in total. The first-order valence-electron chi connectivity index (χ1n) is 16.7. The maximum atomic E-state index is 13.7. The number of benzene rings is 4. The molecule has 2 aliphatic carbocycles. The van der Waals surface area contributed by atoms with E-state index in [1.54, 1.807) is 48.5 Å². The summed E-state index contributed by atoms with van der Waals surface area (Å²) in [5.74, 6) is 13.1. The van der Waals surface area contributed by atoms with Gasteiger partial charge in [0.25, 0.3) is 0 Å². The van der Waals surface area contributed by atoms with Crippen LogP contribution >= 0.6 is 0 Å². The molecule has 264 valence electrons. The van der Waals surface area contributed by atoms with Crippen LogP contribution in [0.3, 0.4) is 0 Å². The standard InChI is InChI=1S/C24H16BF4.2C10H15.CH3.Zr/c26-21-9-1-17(2-10-21)25(18-3-11-22(27)12-4-18,19-5-13-23(28)14-6-19)20-7-15-24(29)16-8-20;2*1-6-7(2)9(4)10(5)8(6)3;;/h1-16H;2*1-5H3;1H3;/q-1;;;-1;+2. The van der Waals surface area contributed by atoms with E-state index in [2.05, 4.69) is 69.2 Å². The van der Waals surface area contributed by atoms with Crippen molar-refractivity contribution in [1.82, 2.24) is 0 Å². The zero-order chi connectivity index (χ0) is 36.2. The van der Waals surface area contributed by atoms with Gasteiger partial charge in [0, 0.05) is 0 Å². The Bertz CT molecular complexity index is 1300. The Labute approximate surface area is 326 Å². The Morgan fingerprint density at radius 2 is 0.392 bits per heavy atom. The second kappa shape index (κ2) is 19.0. The van der Waals surface area contributed by atoms with Crippen molar-refractivity contribution >= 4 is 28.0 Å². The van der Waals surface area contributed by atoms with Gasteiger partial charge in [0.1, 0.15) is 29.4 Å². The number of hydrogen-bond donors (Lipinski definition) is 0. The fourth-order valence-corrected chi connectivity index (χ4v) is 6.97. The zero-order valence-electron chi connectivity index (χ0n) is 31.8. The van der Waals surface area contributed by atoms with Crippen LogP contribution in [0.1, 0.15) is 69.2 Å². The van der Waals surface area contributed by atoms with Crippen molar-refractivity contribution in [1.29, 1.82) is 0 Å². The maximum Gasteiger partial charge on any atom is 2.00 e. The molecule has 6 heteroatoms. The molecule has 0 atom stereocenters. The summed E-state index contributed by atoms with van der Waals surface area (Å²) in [6.45, 7) is 22.0. The van der Waals surface area contributed by atoms with Crippen LogP contribution in [0.4, 0.5) is 17.6 Å². The van der Waals surface area contributed by atoms with Gasteiger partial charge in [-0.15, -0.1) is 0 Å². The van der Waals surface area contributed by atoms with Gasteiger partial charge in [0.2, 0.25) is 0 Å². The summed E-state index contributed by atoms with van der Waals surface area (Å²) in [6, 6.07) is 24.1. The monoisotopic (exact) mass is 766 g/mol. The van der Waals surface area contributed by atoms with Crippen molar-refractivity contribution in [2.24, 2.45) is 0 Å². The SMILES string of the molecule is C[C]1[C](C)[C](C)[C](C)[C]1C.C[C]1[C](C)[C](C)[C](C)[C]1C.Fc1ccc([B-](c2ccc(F)cc2)(c2ccc(F)cc2)c2ccc(F)cc2)cc1.[CH3-].[Zr+2]. The van der Waals surface area contributed by atoms with Crippen molar-refractivity contribution in [2.45, 2.75) is 69.2 Å². The second-order valence-electron chi connectivity index (χ2n) is 13.3. The quantitative estimate of drug-likeness (QED) is 0.110. The molecule has 4 aromatic carbocycles. The van der Waals surface area contributed by atoms with Crippen LogP contribution in [0.15, 0.2) is 97.1 Å². The fraction of sp³-hybridized carbons (Fsp3) is 0.222. The minimum absolute atomic E-state index is 0. The second-order valence-corrected chi connectivity index (χ2v) is 13.3. The average molecular weight is 768 g/mol. The molecule has 2 fully saturated rings. The molecule has 0 heterocycles. The molecule has 0 aliphatic heterocycles. The molecule has 0 aromatic heterocycles. The maximum absolute atomic E-state index is 13.7. The van der Waals surface area contributed by atoms with Crippen molar-refractivity contribution < 1.29 is 43.8 Å². The van der Waals surface area contributed by atoms with Gasteiger partial charge in [-0.3, -0.25) is 0 Å². The molecule has 0 unspecified atom stereocenters. The Hall–Kier alpha value is -2.45. The van der Waals surface area contributed by atoms with E-state index in [-0.39, 0.29) is 33.6 Å². The molecule has 0 saturated heterocycles. The van der Waals surface area contributed by atoms with Crippen LogP contribution in [0, 0.1) is 89.9 Å². The first-order valence-corrected chi connectivity index (χ1v) is 16.7. The average Bonchev–Trinajstić information content (AvgIpc) is 3.37. The van der Waals surface area contributed by atoms with Gasteiger partial charge >= 0.3 is 26.2 Å². The summed E-state index contributed by atoms with van der Waals surface area (Å²) in [7, 11) is 0. The summed E-state index contributed by atoms with van der Waals surface area (Å²) in [5, 5.41) is 0. The van der Waals surface area contributed by atoms with Crippen LogP contribution in [0.25, 0.3) is 0 Å². The van der Waals surface area contributed by atoms with Crippen molar-refractivity contribution in [2.75, 3.05) is 0 Å². The largest absolute Gasteiger partial charge is 2.00 e. The topological polar surface area (TPSA) is 0 Å².